The number of morpholine rings is 1. The fourth-order valence-electron chi connectivity index (χ4n) is 4.17. The van der Waals surface area contributed by atoms with Crippen LogP contribution in [0.4, 0.5) is 0 Å². The highest BCUT2D eigenvalue weighted by molar-refractivity contribution is 5.88. The molecule has 0 spiro atoms. The Labute approximate surface area is 190 Å². The minimum Gasteiger partial charge on any atom is -0.497 e. The molecule has 0 aromatic heterocycles. The van der Waals surface area contributed by atoms with Crippen molar-refractivity contribution in [2.45, 2.75) is 25.4 Å². The van der Waals surface area contributed by atoms with Crippen molar-refractivity contribution in [3.63, 3.8) is 0 Å². The van der Waals surface area contributed by atoms with Crippen LogP contribution in [-0.2, 0) is 20.9 Å². The molecule has 2 amide bonds. The monoisotopic (exact) mass is 448 g/mol. The first-order valence-electron chi connectivity index (χ1n) is 11.3. The van der Waals surface area contributed by atoms with Gasteiger partial charge in [0.25, 0.3) is 0 Å². The van der Waals surface area contributed by atoms with Crippen LogP contribution in [0.1, 0.15) is 18.4 Å². The van der Waals surface area contributed by atoms with Crippen LogP contribution >= 0.6 is 0 Å². The Hall–Kier alpha value is -2.36. The molecule has 32 heavy (non-hydrogen) atoms. The van der Waals surface area contributed by atoms with Gasteiger partial charge < -0.3 is 24.4 Å². The van der Waals surface area contributed by atoms with Gasteiger partial charge in [-0.15, -0.1) is 0 Å². The molecule has 9 nitrogen and oxygen atoms in total. The van der Waals surface area contributed by atoms with E-state index in [9.17, 15) is 9.59 Å². The van der Waals surface area contributed by atoms with Gasteiger partial charge in [-0.2, -0.15) is 0 Å². The van der Waals surface area contributed by atoms with E-state index < -0.39 is 6.04 Å². The molecular formula is C23H36N4O5. The number of hydrogen-bond donors (Lipinski definition) is 1. The van der Waals surface area contributed by atoms with E-state index in [2.05, 4.69) is 15.1 Å². The Balaban J connectivity index is 1.56. The number of benzene rings is 1. The standard InChI is InChI=1S/C23H36N4O5/c1-25(6-4-7-26-9-11-32-12-10-26)22(28)16-21-23(29)24-5-8-27(21)17-18-13-19(30-2)15-20(14-18)31-3/h13-15,21H,4-12,16-17H2,1-3H3,(H,24,29)/t21-/m0/s1. The lowest BCUT2D eigenvalue weighted by atomic mass is 10.1. The van der Waals surface area contributed by atoms with Gasteiger partial charge in [0.05, 0.1) is 39.9 Å². The largest absolute Gasteiger partial charge is 0.497 e. The van der Waals surface area contributed by atoms with Crippen LogP contribution < -0.4 is 14.8 Å². The summed E-state index contributed by atoms with van der Waals surface area (Å²) in [5, 5.41) is 2.90. The second-order valence-corrected chi connectivity index (χ2v) is 8.33. The van der Waals surface area contributed by atoms with Crippen molar-refractivity contribution in [3.05, 3.63) is 23.8 Å². The van der Waals surface area contributed by atoms with Gasteiger partial charge in [0, 0.05) is 58.9 Å². The van der Waals surface area contributed by atoms with E-state index in [1.54, 1.807) is 19.1 Å². The van der Waals surface area contributed by atoms with E-state index in [0.717, 1.165) is 44.8 Å². The van der Waals surface area contributed by atoms with E-state index in [1.165, 1.54) is 0 Å². The van der Waals surface area contributed by atoms with Crippen LogP contribution in [-0.4, -0.2) is 106 Å². The van der Waals surface area contributed by atoms with Crippen LogP contribution in [0.3, 0.4) is 0 Å². The minimum absolute atomic E-state index is 0.0118. The molecule has 0 bridgehead atoms. The molecule has 9 heteroatoms. The maximum absolute atomic E-state index is 12.9. The third-order valence-electron chi connectivity index (χ3n) is 6.10. The summed E-state index contributed by atoms with van der Waals surface area (Å²) in [6, 6.07) is 5.20. The van der Waals surface area contributed by atoms with E-state index in [4.69, 9.17) is 14.2 Å². The molecule has 3 rings (SSSR count). The number of ether oxygens (including phenoxy) is 3. The molecule has 1 aromatic carbocycles. The molecule has 1 atom stereocenters. The summed E-state index contributed by atoms with van der Waals surface area (Å²) in [6.07, 6.45) is 1.08. The first-order valence-corrected chi connectivity index (χ1v) is 11.3. The van der Waals surface area contributed by atoms with Crippen LogP contribution in [0, 0.1) is 0 Å². The molecule has 2 aliphatic heterocycles. The smallest absolute Gasteiger partial charge is 0.237 e. The number of amides is 2. The molecule has 0 saturated carbocycles. The average Bonchev–Trinajstić information content (AvgIpc) is 2.81. The molecule has 178 valence electrons. The van der Waals surface area contributed by atoms with Gasteiger partial charge in [-0.3, -0.25) is 19.4 Å². The van der Waals surface area contributed by atoms with E-state index in [0.29, 0.717) is 37.7 Å². The summed E-state index contributed by atoms with van der Waals surface area (Å²) in [5.41, 5.74) is 0.979. The van der Waals surface area contributed by atoms with Gasteiger partial charge in [0.2, 0.25) is 11.8 Å². The molecule has 0 radical (unpaired) electrons. The molecule has 2 saturated heterocycles. The van der Waals surface area contributed by atoms with Crippen molar-refractivity contribution in [2.24, 2.45) is 0 Å². The lowest BCUT2D eigenvalue weighted by Crippen LogP contribution is -2.56. The first kappa shape index (κ1) is 24.3. The van der Waals surface area contributed by atoms with E-state index in [1.807, 2.05) is 25.2 Å². The average molecular weight is 449 g/mol. The van der Waals surface area contributed by atoms with Gasteiger partial charge in [-0.1, -0.05) is 0 Å². The zero-order chi connectivity index (χ0) is 22.9. The zero-order valence-corrected chi connectivity index (χ0v) is 19.5. The highest BCUT2D eigenvalue weighted by Gasteiger charge is 2.32. The highest BCUT2D eigenvalue weighted by atomic mass is 16.5. The van der Waals surface area contributed by atoms with Crippen molar-refractivity contribution in [2.75, 3.05) is 73.7 Å². The summed E-state index contributed by atoms with van der Waals surface area (Å²) < 4.78 is 16.1. The zero-order valence-electron chi connectivity index (χ0n) is 19.5. The highest BCUT2D eigenvalue weighted by Crippen LogP contribution is 2.24. The van der Waals surface area contributed by atoms with Crippen molar-refractivity contribution in [1.29, 1.82) is 0 Å². The summed E-state index contributed by atoms with van der Waals surface area (Å²) in [5.74, 6) is 1.30. The van der Waals surface area contributed by atoms with Gasteiger partial charge in [0.15, 0.2) is 0 Å². The van der Waals surface area contributed by atoms with Gasteiger partial charge in [-0.25, -0.2) is 0 Å². The quantitative estimate of drug-likeness (QED) is 0.560. The predicted octanol–water partition coefficient (Wildman–Crippen LogP) is 0.575. The summed E-state index contributed by atoms with van der Waals surface area (Å²) in [6.45, 7) is 6.88. The molecule has 1 N–H and O–H groups in total. The van der Waals surface area contributed by atoms with E-state index in [-0.39, 0.29) is 18.2 Å². The minimum atomic E-state index is -0.491. The number of nitrogens with one attached hydrogen (secondary N) is 1. The fraction of sp³-hybridized carbons (Fsp3) is 0.652. The first-order chi connectivity index (χ1) is 15.5. The predicted molar refractivity (Wildman–Crippen MR) is 121 cm³/mol. The Morgan fingerprint density at radius 2 is 1.84 bits per heavy atom. The number of carbonyl (C=O) groups excluding carboxylic acids is 2. The van der Waals surface area contributed by atoms with Crippen LogP contribution in [0.15, 0.2) is 18.2 Å². The molecule has 1 aromatic rings. The van der Waals surface area contributed by atoms with Crippen LogP contribution in [0.25, 0.3) is 0 Å². The molecule has 2 heterocycles. The third kappa shape index (κ3) is 6.82. The lowest BCUT2D eigenvalue weighted by molar-refractivity contribution is -0.138. The second-order valence-electron chi connectivity index (χ2n) is 8.33. The van der Waals surface area contributed by atoms with Crippen molar-refractivity contribution in [3.8, 4) is 11.5 Å². The molecule has 2 fully saturated rings. The Morgan fingerprint density at radius 3 is 2.50 bits per heavy atom. The number of rotatable bonds is 10. The topological polar surface area (TPSA) is 83.6 Å². The number of hydrogen-bond acceptors (Lipinski definition) is 7. The normalized spacial score (nSPS) is 20.0. The molecule has 2 aliphatic rings. The number of methoxy groups -OCH3 is 2. The van der Waals surface area contributed by atoms with Gasteiger partial charge in [0.1, 0.15) is 11.5 Å². The molecule has 0 unspecified atom stereocenters. The maximum atomic E-state index is 12.9. The summed E-state index contributed by atoms with van der Waals surface area (Å²) in [7, 11) is 5.05. The van der Waals surface area contributed by atoms with Crippen molar-refractivity contribution in [1.82, 2.24) is 20.0 Å². The van der Waals surface area contributed by atoms with Gasteiger partial charge >= 0.3 is 0 Å². The molecular weight excluding hydrogens is 412 g/mol. The van der Waals surface area contributed by atoms with Crippen molar-refractivity contribution >= 4 is 11.8 Å². The summed E-state index contributed by atoms with van der Waals surface area (Å²) in [4.78, 5) is 31.7. The molecule has 0 aliphatic carbocycles. The van der Waals surface area contributed by atoms with Gasteiger partial charge in [-0.05, 0) is 24.1 Å². The fourth-order valence-corrected chi connectivity index (χ4v) is 4.17. The Morgan fingerprint density at radius 1 is 1.16 bits per heavy atom. The number of carbonyl (C=O) groups is 2. The lowest BCUT2D eigenvalue weighted by Gasteiger charge is -2.35. The number of nitrogens with zero attached hydrogens (tertiary/aromatic N) is 3. The third-order valence-corrected chi connectivity index (χ3v) is 6.10. The maximum Gasteiger partial charge on any atom is 0.237 e. The Bertz CT molecular complexity index is 747. The summed E-state index contributed by atoms with van der Waals surface area (Å²) >= 11 is 0. The SMILES string of the molecule is COc1cc(CN2CCNC(=O)[C@@H]2CC(=O)N(C)CCCN2CCOCC2)cc(OC)c1. The van der Waals surface area contributed by atoms with Crippen LogP contribution in [0.5, 0.6) is 11.5 Å². The van der Waals surface area contributed by atoms with Crippen molar-refractivity contribution < 1.29 is 23.8 Å². The van der Waals surface area contributed by atoms with E-state index >= 15 is 0 Å². The van der Waals surface area contributed by atoms with Crippen LogP contribution in [0.2, 0.25) is 0 Å². The second kappa shape index (κ2) is 12.0. The Kier molecular flexibility index (Phi) is 9.13. The number of piperazine rings is 1.